The smallest absolute Gasteiger partial charge is 0.206 e. The lowest BCUT2D eigenvalue weighted by Crippen LogP contribution is -2.41. The first-order valence-corrected chi connectivity index (χ1v) is 5.91. The predicted octanol–water partition coefficient (Wildman–Crippen LogP) is 4.46. The summed E-state index contributed by atoms with van der Waals surface area (Å²) >= 11 is 0. The molecule has 0 spiro atoms. The summed E-state index contributed by atoms with van der Waals surface area (Å²) in [4.78, 5) is 0. The SMILES string of the molecule is Cc1ccccc1C1(C(C)(F)F)CCCC1. The summed E-state index contributed by atoms with van der Waals surface area (Å²) in [6, 6.07) is 7.59. The van der Waals surface area contributed by atoms with E-state index in [1.807, 2.05) is 31.2 Å². The maximum absolute atomic E-state index is 13.9. The van der Waals surface area contributed by atoms with E-state index in [1.54, 1.807) is 0 Å². The lowest BCUT2D eigenvalue weighted by atomic mass is 9.72. The molecule has 1 aliphatic rings. The Morgan fingerprint density at radius 3 is 2.19 bits per heavy atom. The predicted molar refractivity (Wildman–Crippen MR) is 61.9 cm³/mol. The molecule has 2 rings (SSSR count). The second-order valence-electron chi connectivity index (χ2n) is 4.99. The summed E-state index contributed by atoms with van der Waals surface area (Å²) in [6.07, 6.45) is 3.05. The average molecular weight is 224 g/mol. The minimum Gasteiger partial charge on any atom is -0.206 e. The Morgan fingerprint density at radius 2 is 1.69 bits per heavy atom. The van der Waals surface area contributed by atoms with Crippen LogP contribution in [-0.2, 0) is 5.41 Å². The molecule has 1 saturated carbocycles. The number of halogens is 2. The highest BCUT2D eigenvalue weighted by Gasteiger charge is 2.52. The molecule has 88 valence electrons. The van der Waals surface area contributed by atoms with E-state index in [4.69, 9.17) is 0 Å². The van der Waals surface area contributed by atoms with Crippen LogP contribution in [0, 0.1) is 6.92 Å². The van der Waals surface area contributed by atoms with Gasteiger partial charge in [-0.05, 0) is 30.9 Å². The lowest BCUT2D eigenvalue weighted by Gasteiger charge is -2.36. The lowest BCUT2D eigenvalue weighted by molar-refractivity contribution is -0.0602. The molecule has 0 nitrogen and oxygen atoms in total. The maximum atomic E-state index is 13.9. The summed E-state index contributed by atoms with van der Waals surface area (Å²) in [6.45, 7) is 3.01. The Kier molecular flexibility index (Phi) is 2.77. The molecule has 16 heavy (non-hydrogen) atoms. The van der Waals surface area contributed by atoms with Crippen molar-refractivity contribution in [3.8, 4) is 0 Å². The van der Waals surface area contributed by atoms with Gasteiger partial charge in [0.25, 0.3) is 5.92 Å². The highest BCUT2D eigenvalue weighted by atomic mass is 19.3. The zero-order chi connectivity index (χ0) is 11.8. The van der Waals surface area contributed by atoms with Crippen molar-refractivity contribution in [2.45, 2.75) is 50.9 Å². The minimum atomic E-state index is -2.63. The van der Waals surface area contributed by atoms with Crippen LogP contribution >= 0.6 is 0 Å². The summed E-state index contributed by atoms with van der Waals surface area (Å²) in [5, 5.41) is 0. The number of benzene rings is 1. The van der Waals surface area contributed by atoms with E-state index < -0.39 is 11.3 Å². The molecular formula is C14H18F2. The molecule has 2 heteroatoms. The summed E-state index contributed by atoms with van der Waals surface area (Å²) < 4.78 is 27.9. The van der Waals surface area contributed by atoms with Gasteiger partial charge in [-0.3, -0.25) is 0 Å². The Hall–Kier alpha value is -0.920. The first kappa shape index (κ1) is 11.6. The fourth-order valence-electron chi connectivity index (χ4n) is 3.03. The van der Waals surface area contributed by atoms with Crippen LogP contribution in [0.25, 0.3) is 0 Å². The van der Waals surface area contributed by atoms with Crippen LogP contribution in [0.4, 0.5) is 8.78 Å². The third kappa shape index (κ3) is 1.64. The van der Waals surface area contributed by atoms with Crippen molar-refractivity contribution >= 4 is 0 Å². The normalized spacial score (nSPS) is 20.0. The Labute approximate surface area is 95.7 Å². The van der Waals surface area contributed by atoms with Gasteiger partial charge >= 0.3 is 0 Å². The Balaban J connectivity index is 2.53. The number of aryl methyl sites for hydroxylation is 1. The first-order valence-electron chi connectivity index (χ1n) is 5.91. The van der Waals surface area contributed by atoms with Crippen molar-refractivity contribution in [2.24, 2.45) is 0 Å². The number of hydrogen-bond donors (Lipinski definition) is 0. The van der Waals surface area contributed by atoms with Crippen LogP contribution in [-0.4, -0.2) is 5.92 Å². The monoisotopic (exact) mass is 224 g/mol. The highest BCUT2D eigenvalue weighted by Crippen LogP contribution is 2.51. The van der Waals surface area contributed by atoms with Crippen molar-refractivity contribution in [3.05, 3.63) is 35.4 Å². The molecular weight excluding hydrogens is 206 g/mol. The quantitative estimate of drug-likeness (QED) is 0.695. The van der Waals surface area contributed by atoms with Crippen molar-refractivity contribution in [3.63, 3.8) is 0 Å². The van der Waals surface area contributed by atoms with Crippen LogP contribution in [0.3, 0.4) is 0 Å². The molecule has 0 saturated heterocycles. The van der Waals surface area contributed by atoms with E-state index >= 15 is 0 Å². The summed E-state index contributed by atoms with van der Waals surface area (Å²) in [5.74, 6) is -2.63. The number of rotatable bonds is 2. The van der Waals surface area contributed by atoms with Gasteiger partial charge in [0.2, 0.25) is 0 Å². The van der Waals surface area contributed by atoms with Crippen LogP contribution in [0.15, 0.2) is 24.3 Å². The van der Waals surface area contributed by atoms with Crippen LogP contribution in [0.1, 0.15) is 43.7 Å². The third-order valence-electron chi connectivity index (χ3n) is 3.96. The van der Waals surface area contributed by atoms with Gasteiger partial charge in [-0.15, -0.1) is 0 Å². The highest BCUT2D eigenvalue weighted by molar-refractivity contribution is 5.36. The number of alkyl halides is 2. The fourth-order valence-corrected chi connectivity index (χ4v) is 3.03. The van der Waals surface area contributed by atoms with Crippen molar-refractivity contribution in [1.29, 1.82) is 0 Å². The molecule has 1 aromatic carbocycles. The van der Waals surface area contributed by atoms with Gasteiger partial charge in [0.15, 0.2) is 0 Å². The standard InChI is InChI=1S/C14H18F2/c1-11-7-3-4-8-12(11)14(13(2,15)16)9-5-6-10-14/h3-4,7-8H,5-6,9-10H2,1-2H3. The van der Waals surface area contributed by atoms with Gasteiger partial charge < -0.3 is 0 Å². The molecule has 0 aromatic heterocycles. The van der Waals surface area contributed by atoms with Crippen molar-refractivity contribution in [1.82, 2.24) is 0 Å². The minimum absolute atomic E-state index is 0.612. The maximum Gasteiger partial charge on any atom is 0.254 e. The molecule has 0 unspecified atom stereocenters. The molecule has 0 radical (unpaired) electrons. The Morgan fingerprint density at radius 1 is 1.12 bits per heavy atom. The van der Waals surface area contributed by atoms with Crippen LogP contribution < -0.4 is 0 Å². The van der Waals surface area contributed by atoms with E-state index in [-0.39, 0.29) is 0 Å². The summed E-state index contributed by atoms with van der Waals surface area (Å²) in [5.41, 5.74) is 0.921. The van der Waals surface area contributed by atoms with Crippen molar-refractivity contribution in [2.75, 3.05) is 0 Å². The van der Waals surface area contributed by atoms with Crippen molar-refractivity contribution < 1.29 is 8.78 Å². The van der Waals surface area contributed by atoms with E-state index in [0.29, 0.717) is 12.8 Å². The molecule has 0 amide bonds. The van der Waals surface area contributed by atoms with Gasteiger partial charge in [-0.1, -0.05) is 37.1 Å². The van der Waals surface area contributed by atoms with Gasteiger partial charge in [-0.2, -0.15) is 0 Å². The zero-order valence-corrected chi connectivity index (χ0v) is 9.89. The van der Waals surface area contributed by atoms with Gasteiger partial charge in [0.05, 0.1) is 5.41 Å². The molecule has 0 atom stereocenters. The van der Waals surface area contributed by atoms with Crippen LogP contribution in [0.5, 0.6) is 0 Å². The van der Waals surface area contributed by atoms with E-state index in [0.717, 1.165) is 30.9 Å². The molecule has 1 aromatic rings. The van der Waals surface area contributed by atoms with Gasteiger partial charge in [0.1, 0.15) is 0 Å². The first-order chi connectivity index (χ1) is 7.47. The largest absolute Gasteiger partial charge is 0.254 e. The van der Waals surface area contributed by atoms with E-state index in [2.05, 4.69) is 0 Å². The third-order valence-corrected chi connectivity index (χ3v) is 3.96. The summed E-state index contributed by atoms with van der Waals surface area (Å²) in [7, 11) is 0. The molecule has 0 aliphatic heterocycles. The zero-order valence-electron chi connectivity index (χ0n) is 9.89. The topological polar surface area (TPSA) is 0 Å². The second-order valence-corrected chi connectivity index (χ2v) is 4.99. The molecule has 0 N–H and O–H groups in total. The second kappa shape index (κ2) is 3.83. The average Bonchev–Trinajstić information content (AvgIpc) is 2.67. The molecule has 1 aliphatic carbocycles. The molecule has 0 bridgehead atoms. The van der Waals surface area contributed by atoms with E-state index in [9.17, 15) is 8.78 Å². The van der Waals surface area contributed by atoms with Gasteiger partial charge in [-0.25, -0.2) is 8.78 Å². The molecule has 0 heterocycles. The molecule has 1 fully saturated rings. The number of hydrogen-bond acceptors (Lipinski definition) is 0. The van der Waals surface area contributed by atoms with Crippen LogP contribution in [0.2, 0.25) is 0 Å². The van der Waals surface area contributed by atoms with E-state index in [1.165, 1.54) is 0 Å². The fraction of sp³-hybridized carbons (Fsp3) is 0.571. The Bertz CT molecular complexity index is 371. The van der Waals surface area contributed by atoms with Gasteiger partial charge in [0, 0.05) is 6.92 Å².